The molecule has 0 unspecified atom stereocenters. The average Bonchev–Trinajstić information content (AvgIpc) is 2.72. The smallest absolute Gasteiger partial charge is 0.0993 e. The van der Waals surface area contributed by atoms with Gasteiger partial charge < -0.3 is 0 Å². The van der Waals surface area contributed by atoms with Gasteiger partial charge in [0.15, 0.2) is 0 Å². The van der Waals surface area contributed by atoms with Crippen molar-refractivity contribution >= 4 is 10.2 Å². The first kappa shape index (κ1) is 12.2. The highest BCUT2D eigenvalue weighted by Crippen LogP contribution is 2.25. The van der Waals surface area contributed by atoms with Crippen molar-refractivity contribution in [2.75, 3.05) is 20.6 Å². The van der Waals surface area contributed by atoms with Crippen molar-refractivity contribution in [2.24, 2.45) is 0 Å². The molecule has 14 heavy (non-hydrogen) atoms. The van der Waals surface area contributed by atoms with E-state index < -0.39 is 0 Å². The summed E-state index contributed by atoms with van der Waals surface area (Å²) in [5.41, 5.74) is 0.0871. The molecular weight excluding hydrogens is 190 g/mol. The van der Waals surface area contributed by atoms with E-state index in [4.69, 9.17) is 0 Å². The molecule has 0 spiro atoms. The third-order valence-corrected chi connectivity index (χ3v) is 5.23. The average molecular weight is 215 g/mol. The van der Waals surface area contributed by atoms with Gasteiger partial charge in [-0.1, -0.05) is 19.8 Å². The number of nitrogens with one attached hydrogen (secondary N) is 2. The van der Waals surface area contributed by atoms with E-state index in [1.54, 1.807) is 0 Å². The van der Waals surface area contributed by atoms with Gasteiger partial charge in [0.05, 0.1) is 15.7 Å². The largest absolute Gasteiger partial charge is 0.294 e. The van der Waals surface area contributed by atoms with Crippen LogP contribution in [-0.2, 0) is 0 Å². The van der Waals surface area contributed by atoms with Crippen molar-refractivity contribution in [3.8, 4) is 0 Å². The molecule has 3 nitrogen and oxygen atoms in total. The Balaban J connectivity index is 2.67. The van der Waals surface area contributed by atoms with Gasteiger partial charge in [0.25, 0.3) is 0 Å². The van der Waals surface area contributed by atoms with Crippen LogP contribution in [0.1, 0.15) is 32.6 Å². The fourth-order valence-corrected chi connectivity index (χ4v) is 3.25. The molecule has 0 saturated heterocycles. The van der Waals surface area contributed by atoms with Crippen LogP contribution in [0.3, 0.4) is 0 Å². The molecular formula is C10H25N3Si. The SMILES string of the molecule is CCN(C1CCCC1)C([SiH3])(NC)NC. The van der Waals surface area contributed by atoms with Crippen LogP contribution in [0.25, 0.3) is 0 Å². The van der Waals surface area contributed by atoms with Gasteiger partial charge in [-0.3, -0.25) is 15.5 Å². The molecule has 0 bridgehead atoms. The van der Waals surface area contributed by atoms with Crippen LogP contribution >= 0.6 is 0 Å². The molecule has 0 aromatic heterocycles. The van der Waals surface area contributed by atoms with E-state index in [0.717, 1.165) is 22.8 Å². The maximum atomic E-state index is 3.43. The van der Waals surface area contributed by atoms with Crippen molar-refractivity contribution in [1.82, 2.24) is 15.5 Å². The third kappa shape index (κ3) is 2.37. The summed E-state index contributed by atoms with van der Waals surface area (Å²) < 4.78 is 0. The lowest BCUT2D eigenvalue weighted by atomic mass is 10.2. The van der Waals surface area contributed by atoms with Crippen molar-refractivity contribution in [1.29, 1.82) is 0 Å². The van der Waals surface area contributed by atoms with Gasteiger partial charge in [-0.25, -0.2) is 0 Å². The summed E-state index contributed by atoms with van der Waals surface area (Å²) in [5.74, 6) is 0. The first-order valence-corrected chi connectivity index (χ1v) is 6.82. The van der Waals surface area contributed by atoms with E-state index in [9.17, 15) is 0 Å². The molecule has 1 fully saturated rings. The summed E-state index contributed by atoms with van der Waals surface area (Å²) in [6.45, 7) is 3.40. The molecule has 0 amide bonds. The molecule has 1 aliphatic carbocycles. The predicted molar refractivity (Wildman–Crippen MR) is 65.4 cm³/mol. The Morgan fingerprint density at radius 1 is 1.29 bits per heavy atom. The summed E-state index contributed by atoms with van der Waals surface area (Å²) in [5, 5.41) is 6.87. The Bertz CT molecular complexity index is 165. The van der Waals surface area contributed by atoms with E-state index >= 15 is 0 Å². The summed E-state index contributed by atoms with van der Waals surface area (Å²) in [6, 6.07) is 0.789. The summed E-state index contributed by atoms with van der Waals surface area (Å²) in [6.07, 6.45) is 5.57. The van der Waals surface area contributed by atoms with Gasteiger partial charge in [-0.2, -0.15) is 0 Å². The summed E-state index contributed by atoms with van der Waals surface area (Å²) >= 11 is 0. The Hall–Kier alpha value is 0.0969. The molecule has 4 heteroatoms. The van der Waals surface area contributed by atoms with Gasteiger partial charge >= 0.3 is 0 Å². The molecule has 0 aromatic rings. The molecule has 1 rings (SSSR count). The second-order valence-corrected chi connectivity index (χ2v) is 5.74. The zero-order valence-electron chi connectivity index (χ0n) is 10.1. The second kappa shape index (κ2) is 5.26. The fraction of sp³-hybridized carbons (Fsp3) is 1.00. The highest BCUT2D eigenvalue weighted by atomic mass is 28.1. The Morgan fingerprint density at radius 3 is 2.14 bits per heavy atom. The van der Waals surface area contributed by atoms with Gasteiger partial charge in [0, 0.05) is 6.04 Å². The van der Waals surface area contributed by atoms with Crippen LogP contribution < -0.4 is 10.6 Å². The van der Waals surface area contributed by atoms with E-state index in [-0.39, 0.29) is 5.41 Å². The lowest BCUT2D eigenvalue weighted by Crippen LogP contribution is -2.68. The second-order valence-electron chi connectivity index (χ2n) is 4.30. The van der Waals surface area contributed by atoms with E-state index in [1.165, 1.54) is 25.7 Å². The van der Waals surface area contributed by atoms with Crippen molar-refractivity contribution in [3.63, 3.8) is 0 Å². The van der Waals surface area contributed by atoms with Crippen molar-refractivity contribution < 1.29 is 0 Å². The maximum Gasteiger partial charge on any atom is 0.0993 e. The molecule has 1 aliphatic rings. The normalized spacial score (nSPS) is 19.7. The first-order chi connectivity index (χ1) is 6.68. The highest BCUT2D eigenvalue weighted by molar-refractivity contribution is 6.14. The Morgan fingerprint density at radius 2 is 1.79 bits per heavy atom. The minimum absolute atomic E-state index is 0.0871. The lowest BCUT2D eigenvalue weighted by Gasteiger charge is -2.44. The molecule has 0 heterocycles. The Kier molecular flexibility index (Phi) is 4.57. The van der Waals surface area contributed by atoms with Gasteiger partial charge in [-0.05, 0) is 33.5 Å². The standard InChI is InChI=1S/C10H25N3Si/c1-4-13(9-7-5-6-8-9)10(14,11-2)12-3/h9,11-12H,4-8H2,1-3,14H3. The van der Waals surface area contributed by atoms with Gasteiger partial charge in [0.2, 0.25) is 0 Å². The van der Waals surface area contributed by atoms with Crippen molar-refractivity contribution in [3.05, 3.63) is 0 Å². The fourth-order valence-electron chi connectivity index (χ4n) is 2.57. The third-order valence-electron chi connectivity index (χ3n) is 3.65. The zero-order chi connectivity index (χ0) is 10.6. The molecule has 0 radical (unpaired) electrons. The highest BCUT2D eigenvalue weighted by Gasteiger charge is 2.33. The van der Waals surface area contributed by atoms with Gasteiger partial charge in [0.1, 0.15) is 0 Å². The zero-order valence-corrected chi connectivity index (χ0v) is 12.1. The van der Waals surface area contributed by atoms with E-state index in [2.05, 4.69) is 36.6 Å². The summed E-state index contributed by atoms with van der Waals surface area (Å²) in [7, 11) is 5.21. The van der Waals surface area contributed by atoms with Gasteiger partial charge in [-0.15, -0.1) is 0 Å². The quantitative estimate of drug-likeness (QED) is 0.486. The molecule has 0 aromatic carbocycles. The van der Waals surface area contributed by atoms with Crippen LogP contribution in [0.15, 0.2) is 0 Å². The minimum atomic E-state index is 0.0871. The molecule has 1 saturated carbocycles. The van der Waals surface area contributed by atoms with E-state index in [1.807, 2.05) is 0 Å². The summed E-state index contributed by atoms with van der Waals surface area (Å²) in [4.78, 5) is 2.60. The van der Waals surface area contributed by atoms with Crippen LogP contribution in [0, 0.1) is 0 Å². The molecule has 84 valence electrons. The number of hydrogen-bond acceptors (Lipinski definition) is 3. The first-order valence-electron chi connectivity index (χ1n) is 5.82. The number of hydrogen-bond donors (Lipinski definition) is 2. The Labute approximate surface area is 91.0 Å². The molecule has 0 atom stereocenters. The number of rotatable bonds is 5. The molecule has 2 N–H and O–H groups in total. The lowest BCUT2D eigenvalue weighted by molar-refractivity contribution is 0.0704. The minimum Gasteiger partial charge on any atom is -0.294 e. The topological polar surface area (TPSA) is 27.3 Å². The number of nitrogens with zero attached hydrogens (tertiary/aromatic N) is 1. The van der Waals surface area contributed by atoms with Crippen LogP contribution in [0.5, 0.6) is 0 Å². The monoisotopic (exact) mass is 215 g/mol. The van der Waals surface area contributed by atoms with Crippen LogP contribution in [0.2, 0.25) is 0 Å². The van der Waals surface area contributed by atoms with E-state index in [0.29, 0.717) is 0 Å². The van der Waals surface area contributed by atoms with Crippen LogP contribution in [-0.4, -0.2) is 47.2 Å². The molecule has 0 aliphatic heterocycles. The predicted octanol–water partition coefficient (Wildman–Crippen LogP) is -0.334. The van der Waals surface area contributed by atoms with Crippen LogP contribution in [0.4, 0.5) is 0 Å². The van der Waals surface area contributed by atoms with Crippen molar-refractivity contribution in [2.45, 2.75) is 44.1 Å². The maximum absolute atomic E-state index is 3.43.